The molecular weight excluding hydrogens is 616 g/mol. The number of carbonyl (C=O) groups is 4. The van der Waals surface area contributed by atoms with Crippen molar-refractivity contribution in [2.24, 2.45) is 0 Å². The predicted octanol–water partition coefficient (Wildman–Crippen LogP) is 1.59. The molecule has 0 aliphatic rings. The van der Waals surface area contributed by atoms with Crippen molar-refractivity contribution in [3.8, 4) is 0 Å². The Labute approximate surface area is 265 Å². The highest BCUT2D eigenvalue weighted by Crippen LogP contribution is 2.35. The molecule has 0 aliphatic heterocycles. The van der Waals surface area contributed by atoms with Gasteiger partial charge in [0.2, 0.25) is 17.6 Å². The Bertz CT molecular complexity index is 1220. The Balaban J connectivity index is 4.57. The molecule has 19 nitrogen and oxygen atoms in total. The van der Waals surface area contributed by atoms with Gasteiger partial charge in [-0.3, -0.25) is 20.2 Å². The maximum Gasteiger partial charge on any atom is 0.468 e. The van der Waals surface area contributed by atoms with Crippen molar-refractivity contribution in [3.63, 3.8) is 0 Å². The normalized spacial score (nSPS) is 12.9. The highest BCUT2D eigenvalue weighted by Gasteiger charge is 2.71. The summed E-state index contributed by atoms with van der Waals surface area (Å²) in [6.07, 6.45) is 0. The molecule has 46 heavy (non-hydrogen) atoms. The maximum atomic E-state index is 13.7. The largest absolute Gasteiger partial charge is 0.468 e. The fraction of sp³-hybridized carbons (Fsp3) is 0.741. The highest BCUT2D eigenvalue weighted by molar-refractivity contribution is 6.05. The molecule has 0 aromatic carbocycles. The number of nitrogens with zero attached hydrogens (tertiary/aromatic N) is 5. The van der Waals surface area contributed by atoms with E-state index in [4.69, 9.17) is 18.9 Å². The van der Waals surface area contributed by atoms with Gasteiger partial charge in [-0.1, -0.05) is 0 Å². The molecule has 1 aromatic rings. The first-order valence-corrected chi connectivity index (χ1v) is 13.9. The van der Waals surface area contributed by atoms with Gasteiger partial charge in [0.05, 0.1) is 16.5 Å². The zero-order valence-electron chi connectivity index (χ0n) is 28.0. The van der Waals surface area contributed by atoms with Crippen LogP contribution in [-0.2, 0) is 49.2 Å². The summed E-state index contributed by atoms with van der Waals surface area (Å²) in [6, 6.07) is 0. The van der Waals surface area contributed by atoms with E-state index in [2.05, 4.69) is 20.3 Å². The van der Waals surface area contributed by atoms with Crippen molar-refractivity contribution < 1.29 is 53.1 Å². The quantitative estimate of drug-likeness (QED) is 0.112. The standard InChI is InChI=1S/C27H42N6O13/c1-22(2,3)43-17(35)26(32(39)40,18(36)44-23(4,5)6)15-29-16(31-21(30-15)28-13-14-34)27(33(41)42,19(37)45-24(7,8)9)20(38)46-25(10,11)12/h34H,13-14H2,1-12H3,(H,28,29,30,31). The summed E-state index contributed by atoms with van der Waals surface area (Å²) in [5.74, 6) is -11.2. The number of nitrogens with one attached hydrogen (secondary N) is 1. The van der Waals surface area contributed by atoms with Crippen molar-refractivity contribution in [2.75, 3.05) is 18.5 Å². The molecular formula is C27H42N6O13. The molecule has 0 spiro atoms. The number of esters is 4. The van der Waals surface area contributed by atoms with E-state index in [1.165, 1.54) is 83.1 Å². The average molecular weight is 659 g/mol. The Morgan fingerprint density at radius 2 is 0.870 bits per heavy atom. The van der Waals surface area contributed by atoms with Crippen LogP contribution in [-0.4, -0.2) is 89.3 Å². The van der Waals surface area contributed by atoms with E-state index in [1.54, 1.807) is 0 Å². The fourth-order valence-electron chi connectivity index (χ4n) is 3.35. The predicted molar refractivity (Wildman–Crippen MR) is 156 cm³/mol. The molecule has 0 aliphatic carbocycles. The number of aliphatic hydroxyl groups excluding tert-OH is 1. The van der Waals surface area contributed by atoms with Crippen molar-refractivity contribution in [3.05, 3.63) is 31.9 Å². The van der Waals surface area contributed by atoms with E-state index in [1.807, 2.05) is 0 Å². The lowest BCUT2D eigenvalue weighted by molar-refractivity contribution is -0.555. The number of anilines is 1. The fourth-order valence-corrected chi connectivity index (χ4v) is 3.35. The molecule has 0 unspecified atom stereocenters. The Morgan fingerprint density at radius 1 is 0.609 bits per heavy atom. The molecule has 1 heterocycles. The molecule has 0 atom stereocenters. The van der Waals surface area contributed by atoms with Crippen LogP contribution < -0.4 is 5.32 Å². The van der Waals surface area contributed by atoms with Gasteiger partial charge in [-0.05, 0) is 83.1 Å². The van der Waals surface area contributed by atoms with Crippen LogP contribution in [0.2, 0.25) is 0 Å². The van der Waals surface area contributed by atoms with Gasteiger partial charge in [0, 0.05) is 6.54 Å². The van der Waals surface area contributed by atoms with Crippen LogP contribution in [0.3, 0.4) is 0 Å². The monoisotopic (exact) mass is 658 g/mol. The van der Waals surface area contributed by atoms with Gasteiger partial charge in [-0.25, -0.2) is 24.2 Å². The summed E-state index contributed by atoms with van der Waals surface area (Å²) in [7, 11) is 0. The van der Waals surface area contributed by atoms with E-state index in [0.29, 0.717) is 0 Å². The van der Waals surface area contributed by atoms with Crippen LogP contribution in [0.1, 0.15) is 94.7 Å². The van der Waals surface area contributed by atoms with Gasteiger partial charge in [0.1, 0.15) is 22.4 Å². The number of aliphatic hydroxyl groups is 1. The van der Waals surface area contributed by atoms with Gasteiger partial charge in [-0.15, -0.1) is 0 Å². The van der Waals surface area contributed by atoms with Crippen molar-refractivity contribution >= 4 is 29.8 Å². The number of hydrogen-bond donors (Lipinski definition) is 2. The number of carbonyl (C=O) groups excluding carboxylic acids is 4. The van der Waals surface area contributed by atoms with Gasteiger partial charge in [0.15, 0.2) is 0 Å². The average Bonchev–Trinajstić information content (AvgIpc) is 2.78. The van der Waals surface area contributed by atoms with Gasteiger partial charge >= 0.3 is 35.0 Å². The third-order valence-electron chi connectivity index (χ3n) is 5.00. The van der Waals surface area contributed by atoms with Crippen molar-refractivity contribution in [1.29, 1.82) is 0 Å². The summed E-state index contributed by atoms with van der Waals surface area (Å²) >= 11 is 0. The lowest BCUT2D eigenvalue weighted by atomic mass is 9.95. The zero-order valence-corrected chi connectivity index (χ0v) is 28.0. The molecule has 0 fully saturated rings. The van der Waals surface area contributed by atoms with E-state index in [0.717, 1.165) is 0 Å². The molecule has 0 saturated carbocycles. The molecule has 2 N–H and O–H groups in total. The summed E-state index contributed by atoms with van der Waals surface area (Å²) in [5.41, 5.74) is -13.4. The zero-order chi connectivity index (χ0) is 36.3. The van der Waals surface area contributed by atoms with E-state index < -0.39 is 98.0 Å². The van der Waals surface area contributed by atoms with Crippen LogP contribution in [0, 0.1) is 20.2 Å². The maximum absolute atomic E-state index is 13.7. The summed E-state index contributed by atoms with van der Waals surface area (Å²) in [6.45, 7) is 15.0. The van der Waals surface area contributed by atoms with Crippen molar-refractivity contribution in [2.45, 2.75) is 117 Å². The van der Waals surface area contributed by atoms with E-state index in [-0.39, 0.29) is 0 Å². The first-order valence-electron chi connectivity index (χ1n) is 13.9. The smallest absolute Gasteiger partial charge is 0.454 e. The van der Waals surface area contributed by atoms with Crippen molar-refractivity contribution in [1.82, 2.24) is 15.0 Å². The van der Waals surface area contributed by atoms with Gasteiger partial charge in [0.25, 0.3) is 0 Å². The van der Waals surface area contributed by atoms with Crippen LogP contribution in [0.25, 0.3) is 0 Å². The first-order chi connectivity index (χ1) is 20.5. The second-order valence-corrected chi connectivity index (χ2v) is 13.9. The highest BCUT2D eigenvalue weighted by atomic mass is 16.7. The molecule has 258 valence electrons. The topological polar surface area (TPSA) is 262 Å². The lowest BCUT2D eigenvalue weighted by Crippen LogP contribution is -2.58. The van der Waals surface area contributed by atoms with Crippen LogP contribution in [0.15, 0.2) is 0 Å². The third-order valence-corrected chi connectivity index (χ3v) is 5.00. The van der Waals surface area contributed by atoms with Gasteiger partial charge in [-0.2, -0.15) is 9.97 Å². The number of rotatable bonds is 11. The number of nitro groups is 2. The Kier molecular flexibility index (Phi) is 11.5. The van der Waals surface area contributed by atoms with Crippen LogP contribution >= 0.6 is 0 Å². The Morgan fingerprint density at radius 3 is 1.07 bits per heavy atom. The first kappa shape index (κ1) is 39.5. The second-order valence-electron chi connectivity index (χ2n) is 13.9. The lowest BCUT2D eigenvalue weighted by Gasteiger charge is -2.30. The number of hydrogen-bond acceptors (Lipinski definition) is 17. The van der Waals surface area contributed by atoms with E-state index in [9.17, 15) is 44.5 Å². The van der Waals surface area contributed by atoms with Gasteiger partial charge < -0.3 is 29.4 Å². The Hall–Kier alpha value is -4.55. The molecule has 0 radical (unpaired) electrons. The summed E-state index contributed by atoms with van der Waals surface area (Å²) in [5, 5.41) is 37.5. The molecule has 0 bridgehead atoms. The molecule has 1 aromatic heterocycles. The minimum atomic E-state index is -3.79. The minimum absolute atomic E-state index is 0.391. The van der Waals surface area contributed by atoms with Crippen LogP contribution in [0.5, 0.6) is 0 Å². The SMILES string of the molecule is CC(C)(C)OC(=O)C(C(=O)OC(C)(C)C)(c1nc(NCCO)nc(C(C(=O)OC(C)(C)C)(C(=O)OC(C)(C)C)[N+](=O)[O-])n1)[N+](=O)[O-]. The molecule has 1 rings (SSSR count). The number of ether oxygens (including phenoxy) is 4. The summed E-state index contributed by atoms with van der Waals surface area (Å²) < 4.78 is 20.9. The summed E-state index contributed by atoms with van der Waals surface area (Å²) in [4.78, 5) is 88.9. The minimum Gasteiger partial charge on any atom is -0.454 e. The third kappa shape index (κ3) is 9.24. The van der Waals surface area contributed by atoms with Crippen LogP contribution in [0.4, 0.5) is 5.95 Å². The van der Waals surface area contributed by atoms with E-state index >= 15 is 0 Å². The number of aromatic nitrogens is 3. The molecule has 0 amide bonds. The molecule has 19 heteroatoms. The second kappa shape index (κ2) is 13.4. The molecule has 0 saturated heterocycles.